The summed E-state index contributed by atoms with van der Waals surface area (Å²) in [4.78, 5) is 9.60. The third-order valence-corrected chi connectivity index (χ3v) is 9.20. The summed E-state index contributed by atoms with van der Waals surface area (Å²) >= 11 is 0. The van der Waals surface area contributed by atoms with Crippen LogP contribution in [0.2, 0.25) is 0 Å². The first-order valence-electron chi connectivity index (χ1n) is 13.2. The highest BCUT2D eigenvalue weighted by Crippen LogP contribution is 2.45. The van der Waals surface area contributed by atoms with Crippen molar-refractivity contribution in [2.75, 3.05) is 44.1 Å². The van der Waals surface area contributed by atoms with E-state index in [9.17, 15) is 48.4 Å². The van der Waals surface area contributed by atoms with Gasteiger partial charge < -0.3 is 24.8 Å². The van der Waals surface area contributed by atoms with Crippen molar-refractivity contribution in [1.29, 1.82) is 0 Å². The Kier molecular flexibility index (Phi) is 10.4. The molecule has 0 fully saturated rings. The van der Waals surface area contributed by atoms with Crippen molar-refractivity contribution in [3.05, 3.63) is 42.5 Å². The number of aromatic hydroxyl groups is 1. The van der Waals surface area contributed by atoms with Gasteiger partial charge in [0.1, 0.15) is 31.8 Å². The zero-order valence-corrected chi connectivity index (χ0v) is 27.4. The Bertz CT molecular complexity index is 2250. The fourth-order valence-corrected chi connectivity index (χ4v) is 6.47. The predicted molar refractivity (Wildman–Crippen MR) is 165 cm³/mol. The lowest BCUT2D eigenvalue weighted by Gasteiger charge is -2.20. The lowest BCUT2D eigenvalue weighted by molar-refractivity contribution is 0.205. The smallest absolute Gasteiger partial charge is 0.315 e. The van der Waals surface area contributed by atoms with E-state index in [1.54, 1.807) is 6.92 Å². The van der Waals surface area contributed by atoms with Crippen LogP contribution in [-0.2, 0) is 35.1 Å². The number of nitrogens with zero attached hydrogens (tertiary/aromatic N) is 6. The molecule has 258 valence electrons. The van der Waals surface area contributed by atoms with Gasteiger partial charge in [0.25, 0.3) is 30.4 Å². The number of anilines is 3. The standard InChI is InChI=1S/C25H26FN7O12S3/c1-4-33(9-10-44-2)25-29-23(26)28-24(30-25)27-17-8-6-14-15(22(17)48(41,42)43)12-19(47(38,39)40)20(21(14)34)32-31-16-7-5-13(45-3)11-18(16)46(35,36)37/h5-8,11-12,34H,4,9-10H2,1-3H3,(H,35,36,37)(H,38,39,40)(H,41,42,43)(H,27,28,29,30). The summed E-state index contributed by atoms with van der Waals surface area (Å²) in [5.41, 5.74) is -2.05. The molecule has 23 heteroatoms. The molecule has 0 spiro atoms. The van der Waals surface area contributed by atoms with E-state index in [-0.39, 0.29) is 24.8 Å². The number of fused-ring (bicyclic) bond motifs is 1. The quantitative estimate of drug-likeness (QED) is 0.0974. The van der Waals surface area contributed by atoms with Crippen molar-refractivity contribution in [3.63, 3.8) is 0 Å². The van der Waals surface area contributed by atoms with Gasteiger partial charge in [0.05, 0.1) is 19.4 Å². The molecule has 5 N–H and O–H groups in total. The van der Waals surface area contributed by atoms with Gasteiger partial charge in [-0.2, -0.15) is 44.6 Å². The van der Waals surface area contributed by atoms with Crippen LogP contribution in [0.15, 0.2) is 61.3 Å². The number of halogens is 1. The Morgan fingerprint density at radius 1 is 0.875 bits per heavy atom. The van der Waals surface area contributed by atoms with Crippen LogP contribution in [0.3, 0.4) is 0 Å². The van der Waals surface area contributed by atoms with E-state index in [2.05, 4.69) is 30.5 Å². The minimum atomic E-state index is -5.36. The Labute approximate surface area is 272 Å². The first kappa shape index (κ1) is 36.2. The maximum atomic E-state index is 14.4. The third kappa shape index (κ3) is 7.89. The summed E-state index contributed by atoms with van der Waals surface area (Å²) in [5.74, 6) is -1.79. The Morgan fingerprint density at radius 2 is 1.56 bits per heavy atom. The Hall–Kier alpha value is -4.65. The van der Waals surface area contributed by atoms with Crippen LogP contribution in [0.4, 0.5) is 33.3 Å². The van der Waals surface area contributed by atoms with Gasteiger partial charge in [-0.05, 0) is 37.3 Å². The molecule has 0 atom stereocenters. The molecule has 4 rings (SSSR count). The molecule has 48 heavy (non-hydrogen) atoms. The molecule has 1 aromatic heterocycles. The molecule has 0 radical (unpaired) electrons. The van der Waals surface area contributed by atoms with Crippen molar-refractivity contribution in [3.8, 4) is 11.5 Å². The van der Waals surface area contributed by atoms with E-state index in [0.717, 1.165) is 24.3 Å². The summed E-state index contributed by atoms with van der Waals surface area (Å²) in [5, 5.41) is 19.5. The van der Waals surface area contributed by atoms with Crippen molar-refractivity contribution < 1.29 is 57.9 Å². The molecular weight excluding hydrogens is 706 g/mol. The minimum absolute atomic E-state index is 0.0131. The minimum Gasteiger partial charge on any atom is -0.505 e. The predicted octanol–water partition coefficient (Wildman–Crippen LogP) is 3.25. The van der Waals surface area contributed by atoms with Crippen molar-refractivity contribution >= 4 is 70.1 Å². The summed E-state index contributed by atoms with van der Waals surface area (Å²) < 4.78 is 128. The lowest BCUT2D eigenvalue weighted by atomic mass is 10.1. The summed E-state index contributed by atoms with van der Waals surface area (Å²) in [7, 11) is -13.0. The highest BCUT2D eigenvalue weighted by molar-refractivity contribution is 7.86. The van der Waals surface area contributed by atoms with Crippen LogP contribution in [0.5, 0.6) is 11.5 Å². The summed E-state index contributed by atoms with van der Waals surface area (Å²) in [6.07, 6.45) is -1.26. The van der Waals surface area contributed by atoms with Crippen molar-refractivity contribution in [2.45, 2.75) is 21.6 Å². The van der Waals surface area contributed by atoms with Crippen LogP contribution in [0, 0.1) is 6.08 Å². The van der Waals surface area contributed by atoms with E-state index in [1.165, 1.54) is 25.2 Å². The second-order valence-corrected chi connectivity index (χ2v) is 13.6. The van der Waals surface area contributed by atoms with E-state index < -0.39 is 90.7 Å². The molecule has 0 aliphatic heterocycles. The van der Waals surface area contributed by atoms with Gasteiger partial charge in [0, 0.05) is 37.0 Å². The number of nitrogens with one attached hydrogen (secondary N) is 1. The molecule has 0 bridgehead atoms. The number of methoxy groups -OCH3 is 2. The van der Waals surface area contributed by atoms with Crippen LogP contribution in [0.1, 0.15) is 6.92 Å². The molecule has 0 aliphatic carbocycles. The highest BCUT2D eigenvalue weighted by Gasteiger charge is 2.28. The number of hydrogen-bond acceptors (Lipinski definition) is 16. The summed E-state index contributed by atoms with van der Waals surface area (Å²) in [6, 6.07) is 5.69. The average molecular weight is 732 g/mol. The van der Waals surface area contributed by atoms with Gasteiger partial charge in [-0.25, -0.2) is 0 Å². The molecule has 19 nitrogen and oxygen atoms in total. The van der Waals surface area contributed by atoms with Crippen LogP contribution in [-0.4, -0.2) is 92.9 Å². The monoisotopic (exact) mass is 731 g/mol. The largest absolute Gasteiger partial charge is 0.505 e. The average Bonchev–Trinajstić information content (AvgIpc) is 2.98. The maximum Gasteiger partial charge on any atom is 0.315 e. The number of aromatic nitrogens is 3. The van der Waals surface area contributed by atoms with E-state index in [4.69, 9.17) is 9.47 Å². The summed E-state index contributed by atoms with van der Waals surface area (Å²) in [6.45, 7) is 2.51. The first-order chi connectivity index (χ1) is 22.4. The van der Waals surface area contributed by atoms with E-state index >= 15 is 0 Å². The van der Waals surface area contributed by atoms with E-state index in [1.807, 2.05) is 0 Å². The number of phenolic OH excluding ortho intramolecular Hbond substituents is 1. The normalized spacial score (nSPS) is 12.5. The van der Waals surface area contributed by atoms with Gasteiger partial charge in [-0.3, -0.25) is 13.7 Å². The number of phenols is 1. The third-order valence-electron chi connectivity index (χ3n) is 6.50. The molecule has 0 saturated heterocycles. The van der Waals surface area contributed by atoms with Crippen molar-refractivity contribution in [1.82, 2.24) is 15.0 Å². The second kappa shape index (κ2) is 13.8. The second-order valence-electron chi connectivity index (χ2n) is 9.49. The van der Waals surface area contributed by atoms with Gasteiger partial charge in [0.2, 0.25) is 11.9 Å². The Morgan fingerprint density at radius 3 is 2.15 bits per heavy atom. The number of ether oxygens (including phenoxy) is 2. The molecule has 1 heterocycles. The SMILES string of the molecule is CCN(CCOC)c1nc(F)nc(Nc2ccc3c(O)c(N=Nc4ccc(OC)cc4S(=O)(=O)O)c(S(=O)(=O)O)cc3c2S(=O)(=O)O)n1. The zero-order chi connectivity index (χ0) is 35.6. The molecule has 0 aliphatic rings. The van der Waals surface area contributed by atoms with E-state index in [0.29, 0.717) is 12.6 Å². The lowest BCUT2D eigenvalue weighted by Crippen LogP contribution is -2.29. The molecule has 0 saturated carbocycles. The molecular formula is C25H26FN7O12S3. The van der Waals surface area contributed by atoms with Gasteiger partial charge in [-0.15, -0.1) is 10.2 Å². The van der Waals surface area contributed by atoms with Gasteiger partial charge in [-0.1, -0.05) is 0 Å². The first-order valence-corrected chi connectivity index (χ1v) is 17.5. The molecule has 4 aromatic rings. The number of rotatable bonds is 13. The highest BCUT2D eigenvalue weighted by atomic mass is 32.2. The number of hydrogen-bond donors (Lipinski definition) is 5. The van der Waals surface area contributed by atoms with Gasteiger partial charge >= 0.3 is 6.08 Å². The topological polar surface area (TPSA) is 280 Å². The fourth-order valence-electron chi connectivity index (χ4n) is 4.34. The molecule has 0 unspecified atom stereocenters. The Balaban J connectivity index is 1.94. The van der Waals surface area contributed by atoms with Crippen molar-refractivity contribution in [2.24, 2.45) is 10.2 Å². The molecule has 3 aromatic carbocycles. The number of azo groups is 1. The zero-order valence-electron chi connectivity index (χ0n) is 24.9. The van der Waals surface area contributed by atoms with Crippen LogP contribution in [0.25, 0.3) is 10.8 Å². The molecule has 0 amide bonds. The van der Waals surface area contributed by atoms with Crippen LogP contribution >= 0.6 is 0 Å². The number of benzene rings is 3. The van der Waals surface area contributed by atoms with Gasteiger partial charge in [0.15, 0.2) is 5.75 Å². The van der Waals surface area contributed by atoms with Crippen LogP contribution < -0.4 is 15.0 Å². The number of likely N-dealkylation sites (N-methyl/N-ethyl adjacent to an activating group) is 1. The fraction of sp³-hybridized carbons (Fsp3) is 0.240. The maximum absolute atomic E-state index is 14.4.